The molecule has 3 N–H and O–H groups in total. The lowest BCUT2D eigenvalue weighted by molar-refractivity contribution is 0.0168. The number of benzene rings is 2. The highest BCUT2D eigenvalue weighted by Gasteiger charge is 2.23. The van der Waals surface area contributed by atoms with E-state index in [1.807, 2.05) is 28.1 Å². The van der Waals surface area contributed by atoms with Crippen molar-refractivity contribution in [3.8, 4) is 0 Å². The summed E-state index contributed by atoms with van der Waals surface area (Å²) in [6.45, 7) is 2.78. The number of hydroxylamine groups is 1. The monoisotopic (exact) mass is 537 g/mol. The number of halogens is 4. The molecular weight excluding hydrogens is 518 g/mol. The molecule has 2 aromatic carbocycles. The standard InChI is InChI=1S/C19H19F3IN3O4/c1-10(2)30-24-9-11-7-13(19(28)26-29-6-5-27)18(17(22)16(11)21)25-15-4-3-12(23)8-14(15)20/h3-4,7-10,25,27H,5-6H2,1-2H3,(H,26,28)/b24-9-. The van der Waals surface area contributed by atoms with E-state index in [9.17, 15) is 18.0 Å². The number of hydrogen-bond donors (Lipinski definition) is 3. The van der Waals surface area contributed by atoms with Crippen molar-refractivity contribution in [1.82, 2.24) is 5.48 Å². The predicted octanol–water partition coefficient (Wildman–Crippen LogP) is 3.86. The molecule has 0 saturated carbocycles. The van der Waals surface area contributed by atoms with Gasteiger partial charge in [0.1, 0.15) is 11.9 Å². The molecule has 0 aliphatic rings. The van der Waals surface area contributed by atoms with E-state index >= 15 is 0 Å². The Kier molecular flexibility index (Phi) is 8.87. The molecule has 0 heterocycles. The van der Waals surface area contributed by atoms with Crippen LogP contribution in [0.2, 0.25) is 0 Å². The number of aliphatic hydroxyl groups is 1. The molecule has 30 heavy (non-hydrogen) atoms. The molecule has 0 aromatic heterocycles. The molecule has 2 rings (SSSR count). The number of aliphatic hydroxyl groups excluding tert-OH is 1. The van der Waals surface area contributed by atoms with Gasteiger partial charge in [0.15, 0.2) is 11.6 Å². The molecule has 11 heteroatoms. The molecule has 0 atom stereocenters. The highest BCUT2D eigenvalue weighted by atomic mass is 127. The van der Waals surface area contributed by atoms with E-state index in [-0.39, 0.29) is 36.1 Å². The maximum Gasteiger partial charge on any atom is 0.277 e. The van der Waals surface area contributed by atoms with E-state index in [1.165, 1.54) is 12.1 Å². The lowest BCUT2D eigenvalue weighted by Gasteiger charge is -2.15. The third-order valence-electron chi connectivity index (χ3n) is 3.49. The zero-order chi connectivity index (χ0) is 22.3. The molecular formula is C19H19F3IN3O4. The number of nitrogens with one attached hydrogen (secondary N) is 2. The topological polar surface area (TPSA) is 92.2 Å². The van der Waals surface area contributed by atoms with Gasteiger partial charge in [0, 0.05) is 9.13 Å². The van der Waals surface area contributed by atoms with E-state index < -0.39 is 29.0 Å². The largest absolute Gasteiger partial charge is 0.394 e. The lowest BCUT2D eigenvalue weighted by atomic mass is 10.1. The summed E-state index contributed by atoms with van der Waals surface area (Å²) in [6.07, 6.45) is 0.618. The van der Waals surface area contributed by atoms with Crippen LogP contribution in [0.4, 0.5) is 24.5 Å². The molecule has 0 aliphatic heterocycles. The Labute approximate surface area is 184 Å². The number of carbonyl (C=O) groups excluding carboxylic acids is 1. The van der Waals surface area contributed by atoms with Gasteiger partial charge in [-0.1, -0.05) is 5.16 Å². The molecule has 1 amide bonds. The summed E-state index contributed by atoms with van der Waals surface area (Å²) in [5, 5.41) is 14.7. The van der Waals surface area contributed by atoms with Crippen LogP contribution in [-0.2, 0) is 9.68 Å². The van der Waals surface area contributed by atoms with Crippen LogP contribution in [0.25, 0.3) is 0 Å². The zero-order valence-corrected chi connectivity index (χ0v) is 18.2. The van der Waals surface area contributed by atoms with Gasteiger partial charge in [-0.05, 0) is 60.7 Å². The first-order chi connectivity index (χ1) is 14.2. The fraction of sp³-hybridized carbons (Fsp3) is 0.263. The minimum Gasteiger partial charge on any atom is -0.394 e. The fourth-order valence-corrected chi connectivity index (χ4v) is 2.65. The van der Waals surface area contributed by atoms with Crippen LogP contribution in [0.3, 0.4) is 0 Å². The number of carbonyl (C=O) groups is 1. The van der Waals surface area contributed by atoms with E-state index in [1.54, 1.807) is 19.9 Å². The Hall–Kier alpha value is -2.38. The molecule has 0 aliphatic carbocycles. The van der Waals surface area contributed by atoms with Gasteiger partial charge < -0.3 is 15.3 Å². The second-order valence-corrected chi connectivity index (χ2v) is 7.40. The highest BCUT2D eigenvalue weighted by molar-refractivity contribution is 14.1. The van der Waals surface area contributed by atoms with Crippen molar-refractivity contribution in [2.45, 2.75) is 20.0 Å². The van der Waals surface area contributed by atoms with Crippen LogP contribution in [0.5, 0.6) is 0 Å². The number of amides is 1. The van der Waals surface area contributed by atoms with Crippen LogP contribution in [0.15, 0.2) is 29.4 Å². The van der Waals surface area contributed by atoms with Gasteiger partial charge in [0.05, 0.1) is 36.4 Å². The number of nitrogens with zero attached hydrogens (tertiary/aromatic N) is 1. The van der Waals surface area contributed by atoms with Gasteiger partial charge in [0.25, 0.3) is 5.91 Å². The maximum atomic E-state index is 14.8. The summed E-state index contributed by atoms with van der Waals surface area (Å²) in [5.41, 5.74) is 0.493. The van der Waals surface area contributed by atoms with Crippen molar-refractivity contribution >= 4 is 46.1 Å². The van der Waals surface area contributed by atoms with Crippen LogP contribution in [-0.4, -0.2) is 36.5 Å². The zero-order valence-electron chi connectivity index (χ0n) is 16.0. The van der Waals surface area contributed by atoms with Crippen LogP contribution in [0, 0.1) is 21.0 Å². The summed E-state index contributed by atoms with van der Waals surface area (Å²) in [5.74, 6) is -4.41. The minimum atomic E-state index is -1.42. The molecule has 0 unspecified atom stereocenters. The minimum absolute atomic E-state index is 0.163. The van der Waals surface area contributed by atoms with E-state index in [0.717, 1.165) is 12.3 Å². The lowest BCUT2D eigenvalue weighted by Crippen LogP contribution is -2.26. The maximum absolute atomic E-state index is 14.8. The van der Waals surface area contributed by atoms with Gasteiger partial charge >= 0.3 is 0 Å². The Morgan fingerprint density at radius 3 is 2.63 bits per heavy atom. The summed E-state index contributed by atoms with van der Waals surface area (Å²) in [7, 11) is 0. The Morgan fingerprint density at radius 2 is 2.00 bits per heavy atom. The van der Waals surface area contributed by atoms with E-state index in [2.05, 4.69) is 10.5 Å². The third-order valence-corrected chi connectivity index (χ3v) is 4.16. The van der Waals surface area contributed by atoms with Gasteiger partial charge in [-0.2, -0.15) is 0 Å². The van der Waals surface area contributed by atoms with E-state index in [4.69, 9.17) is 14.8 Å². The number of oxime groups is 1. The van der Waals surface area contributed by atoms with Crippen molar-refractivity contribution in [3.05, 3.63) is 56.4 Å². The summed E-state index contributed by atoms with van der Waals surface area (Å²) >= 11 is 1.89. The third kappa shape index (κ3) is 6.31. The molecule has 0 fully saturated rings. The molecule has 0 radical (unpaired) electrons. The second-order valence-electron chi connectivity index (χ2n) is 6.16. The first kappa shape index (κ1) is 23.9. The molecule has 0 saturated heterocycles. The van der Waals surface area contributed by atoms with Crippen LogP contribution in [0.1, 0.15) is 29.8 Å². The highest BCUT2D eigenvalue weighted by Crippen LogP contribution is 2.30. The van der Waals surface area contributed by atoms with Crippen molar-refractivity contribution < 1.29 is 32.7 Å². The molecule has 7 nitrogen and oxygen atoms in total. The van der Waals surface area contributed by atoms with Gasteiger partial charge in [-0.15, -0.1) is 0 Å². The summed E-state index contributed by atoms with van der Waals surface area (Å²) in [4.78, 5) is 22.1. The van der Waals surface area contributed by atoms with Gasteiger partial charge in [0.2, 0.25) is 0 Å². The Morgan fingerprint density at radius 1 is 1.27 bits per heavy atom. The number of anilines is 2. The molecule has 0 bridgehead atoms. The Bertz CT molecular complexity index is 942. The van der Waals surface area contributed by atoms with Gasteiger partial charge in [-0.3, -0.25) is 9.63 Å². The smallest absolute Gasteiger partial charge is 0.277 e. The fourth-order valence-electron chi connectivity index (χ4n) is 2.19. The average molecular weight is 537 g/mol. The second kappa shape index (κ2) is 11.1. The molecule has 0 spiro atoms. The number of rotatable bonds is 9. The van der Waals surface area contributed by atoms with Crippen molar-refractivity contribution in [2.24, 2.45) is 5.16 Å². The molecule has 2 aromatic rings. The van der Waals surface area contributed by atoms with Crippen molar-refractivity contribution in [2.75, 3.05) is 18.5 Å². The van der Waals surface area contributed by atoms with E-state index in [0.29, 0.717) is 3.57 Å². The summed E-state index contributed by atoms with van der Waals surface area (Å²) < 4.78 is 44.2. The van der Waals surface area contributed by atoms with Crippen molar-refractivity contribution in [3.63, 3.8) is 0 Å². The first-order valence-corrected chi connectivity index (χ1v) is 9.78. The molecule has 162 valence electrons. The quantitative estimate of drug-likeness (QED) is 0.196. The normalized spacial score (nSPS) is 11.2. The summed E-state index contributed by atoms with van der Waals surface area (Å²) in [6, 6.07) is 5.07. The van der Waals surface area contributed by atoms with Crippen LogP contribution >= 0.6 is 22.6 Å². The Balaban J connectivity index is 2.50. The number of hydrogen-bond acceptors (Lipinski definition) is 6. The van der Waals surface area contributed by atoms with Crippen LogP contribution < -0.4 is 10.8 Å². The average Bonchev–Trinajstić information content (AvgIpc) is 2.68. The van der Waals surface area contributed by atoms with Crippen molar-refractivity contribution in [1.29, 1.82) is 0 Å². The first-order valence-electron chi connectivity index (χ1n) is 8.70. The van der Waals surface area contributed by atoms with Gasteiger partial charge in [-0.25, -0.2) is 18.7 Å². The predicted molar refractivity (Wildman–Crippen MR) is 113 cm³/mol. The SMILES string of the molecule is CC(C)O/N=C\c1cc(C(=O)NOCCO)c(Nc2ccc(I)cc2F)c(F)c1F.